The van der Waals surface area contributed by atoms with E-state index in [0.717, 1.165) is 28.8 Å². The number of allylic oxidation sites excluding steroid dienone is 2. The number of hydrogen-bond acceptors (Lipinski definition) is 6. The zero-order valence-electron chi connectivity index (χ0n) is 25.5. The van der Waals surface area contributed by atoms with Crippen molar-refractivity contribution in [2.24, 2.45) is 0 Å². The summed E-state index contributed by atoms with van der Waals surface area (Å²) >= 11 is 1.82. The normalized spacial score (nSPS) is 12.0. The molecule has 5 aromatic carbocycles. The van der Waals surface area contributed by atoms with Gasteiger partial charge in [-0.1, -0.05) is 89.7 Å². The Morgan fingerprint density at radius 3 is 2.24 bits per heavy atom. The van der Waals surface area contributed by atoms with E-state index in [0.29, 0.717) is 13.2 Å². The third-order valence-electron chi connectivity index (χ3n) is 7.18. The van der Waals surface area contributed by atoms with Crippen LogP contribution in [0, 0.1) is 6.92 Å². The number of rotatable bonds is 9. The minimum absolute atomic E-state index is 0.178. The Bertz CT molecular complexity index is 2090. The van der Waals surface area contributed by atoms with Crippen LogP contribution < -0.4 is 9.30 Å². The first-order chi connectivity index (χ1) is 21.7. The van der Waals surface area contributed by atoms with Crippen LogP contribution >= 0.6 is 11.3 Å². The van der Waals surface area contributed by atoms with Gasteiger partial charge in [0.25, 0.3) is 5.01 Å². The highest BCUT2D eigenvalue weighted by atomic mass is 32.2. The highest BCUT2D eigenvalue weighted by molar-refractivity contribution is 7.85. The number of hydrogen-bond donors (Lipinski definition) is 0. The van der Waals surface area contributed by atoms with Crippen molar-refractivity contribution in [3.8, 4) is 5.75 Å². The lowest BCUT2D eigenvalue weighted by molar-refractivity contribution is -0.669. The van der Waals surface area contributed by atoms with E-state index in [9.17, 15) is 13.0 Å². The monoisotopic (exact) mass is 637 g/mol. The van der Waals surface area contributed by atoms with Crippen molar-refractivity contribution in [1.82, 2.24) is 0 Å². The van der Waals surface area contributed by atoms with Gasteiger partial charge in [0, 0.05) is 22.9 Å². The standard InChI is InChI=1S/C30H28NO2S.C7H8O3S/c1-3-32-21-22(2)15-18-29-31(27-17-16-24-10-5-7-13-26(24)30(27)34-29)19-20-33-28-14-8-11-23-9-4-6-12-25(23)28;1-6-2-4-7(5-3-6)11(8,9)10/h4-18,21H,3,19-20H2,1-2H3;2-5H,1H3,(H,8,9,10)/q+1;/p-1. The largest absolute Gasteiger partial charge is 0.744 e. The molecule has 0 aliphatic heterocycles. The molecular formula is C37H35NO5S2. The van der Waals surface area contributed by atoms with Crippen molar-refractivity contribution in [3.63, 3.8) is 0 Å². The number of thiazole rings is 1. The molecule has 0 fully saturated rings. The molecule has 0 aliphatic carbocycles. The first-order valence-electron chi connectivity index (χ1n) is 14.7. The second-order valence-electron chi connectivity index (χ2n) is 10.5. The fourth-order valence-electron chi connectivity index (χ4n) is 4.91. The Labute approximate surface area is 268 Å². The molecule has 1 heterocycles. The zero-order valence-corrected chi connectivity index (χ0v) is 27.1. The fourth-order valence-corrected chi connectivity index (χ4v) is 6.61. The Kier molecular flexibility index (Phi) is 10.3. The van der Waals surface area contributed by atoms with Gasteiger partial charge in [0.15, 0.2) is 6.54 Å². The van der Waals surface area contributed by atoms with E-state index in [-0.39, 0.29) is 4.90 Å². The summed E-state index contributed by atoms with van der Waals surface area (Å²) in [6, 6.07) is 33.4. The maximum Gasteiger partial charge on any atom is 0.262 e. The Morgan fingerprint density at radius 2 is 1.53 bits per heavy atom. The Balaban J connectivity index is 0.000000309. The van der Waals surface area contributed by atoms with Crippen LogP contribution in [0.25, 0.3) is 37.8 Å². The first kappa shape index (κ1) is 31.9. The predicted molar refractivity (Wildman–Crippen MR) is 183 cm³/mol. The third kappa shape index (κ3) is 7.97. The molecule has 0 radical (unpaired) electrons. The van der Waals surface area contributed by atoms with Gasteiger partial charge in [-0.25, -0.2) is 8.42 Å². The lowest BCUT2D eigenvalue weighted by Gasteiger charge is -2.08. The maximum atomic E-state index is 10.4. The van der Waals surface area contributed by atoms with Crippen molar-refractivity contribution < 1.29 is 27.0 Å². The van der Waals surface area contributed by atoms with Crippen LogP contribution in [0.3, 0.4) is 0 Å². The smallest absolute Gasteiger partial charge is 0.262 e. The van der Waals surface area contributed by atoms with Crippen LogP contribution in [0.2, 0.25) is 0 Å². The molecule has 230 valence electrons. The molecule has 0 spiro atoms. The molecule has 45 heavy (non-hydrogen) atoms. The first-order valence-corrected chi connectivity index (χ1v) is 16.9. The van der Waals surface area contributed by atoms with E-state index in [1.54, 1.807) is 12.1 Å². The van der Waals surface area contributed by atoms with Crippen LogP contribution in [0.15, 0.2) is 126 Å². The number of aromatic nitrogens is 1. The lowest BCUT2D eigenvalue weighted by atomic mass is 10.1. The molecule has 0 saturated carbocycles. The van der Waals surface area contributed by atoms with Gasteiger partial charge in [0.05, 0.1) is 17.8 Å². The molecule has 0 aliphatic rings. The van der Waals surface area contributed by atoms with E-state index < -0.39 is 10.1 Å². The number of fused-ring (bicyclic) bond motifs is 4. The van der Waals surface area contributed by atoms with Crippen LogP contribution in [-0.4, -0.2) is 26.2 Å². The number of ether oxygens (including phenoxy) is 2. The van der Waals surface area contributed by atoms with Crippen LogP contribution in [0.1, 0.15) is 24.4 Å². The molecule has 1 aromatic heterocycles. The summed E-state index contributed by atoms with van der Waals surface area (Å²) in [6.07, 6.45) is 6.11. The minimum atomic E-state index is -4.27. The van der Waals surface area contributed by atoms with E-state index in [4.69, 9.17) is 9.47 Å². The lowest BCUT2D eigenvalue weighted by Crippen LogP contribution is -2.38. The molecule has 8 heteroatoms. The van der Waals surface area contributed by atoms with Gasteiger partial charge in [-0.05, 0) is 67.5 Å². The molecule has 0 unspecified atom stereocenters. The van der Waals surface area contributed by atoms with Crippen molar-refractivity contribution in [3.05, 3.63) is 132 Å². The van der Waals surface area contributed by atoms with E-state index in [1.807, 2.05) is 31.4 Å². The van der Waals surface area contributed by atoms with Crippen LogP contribution in [0.5, 0.6) is 5.75 Å². The van der Waals surface area contributed by atoms with Crippen LogP contribution in [0.4, 0.5) is 0 Å². The average molecular weight is 638 g/mol. The van der Waals surface area contributed by atoms with Gasteiger partial charge in [0.2, 0.25) is 5.52 Å². The molecule has 6 rings (SSSR count). The van der Waals surface area contributed by atoms with Crippen molar-refractivity contribution in [2.75, 3.05) is 13.2 Å². The molecule has 0 N–H and O–H groups in total. The quantitative estimate of drug-likeness (QED) is 0.0688. The average Bonchev–Trinajstić information content (AvgIpc) is 3.40. The summed E-state index contributed by atoms with van der Waals surface area (Å²) in [4.78, 5) is -0.178. The highest BCUT2D eigenvalue weighted by Gasteiger charge is 2.20. The summed E-state index contributed by atoms with van der Waals surface area (Å²) in [5, 5.41) is 6.08. The number of aryl methyl sites for hydroxylation is 1. The maximum absolute atomic E-state index is 10.4. The van der Waals surface area contributed by atoms with Gasteiger partial charge in [-0.2, -0.15) is 4.57 Å². The highest BCUT2D eigenvalue weighted by Crippen LogP contribution is 2.30. The summed E-state index contributed by atoms with van der Waals surface area (Å²) in [5.74, 6) is 0.927. The number of benzene rings is 5. The molecule has 6 nitrogen and oxygen atoms in total. The van der Waals surface area contributed by atoms with E-state index in [2.05, 4.69) is 103 Å². The topological polar surface area (TPSA) is 79.5 Å². The second kappa shape index (κ2) is 14.5. The van der Waals surface area contributed by atoms with Gasteiger partial charge in [0.1, 0.15) is 27.2 Å². The summed E-state index contributed by atoms with van der Waals surface area (Å²) in [5.41, 5.74) is 3.25. The summed E-state index contributed by atoms with van der Waals surface area (Å²) in [6.45, 7) is 7.89. The zero-order chi connectivity index (χ0) is 31.8. The molecule has 0 bridgehead atoms. The minimum Gasteiger partial charge on any atom is -0.744 e. The van der Waals surface area contributed by atoms with E-state index >= 15 is 0 Å². The molecule has 0 saturated heterocycles. The van der Waals surface area contributed by atoms with Gasteiger partial charge >= 0.3 is 0 Å². The number of nitrogens with zero attached hydrogens (tertiary/aromatic N) is 1. The molecule has 6 aromatic rings. The van der Waals surface area contributed by atoms with Gasteiger partial charge in [-0.15, -0.1) is 0 Å². The molecule has 0 amide bonds. The SMILES string of the molecule is CCOC=C(C)C=Cc1sc2c3ccccc3ccc2[n+]1CCOc1cccc2ccccc12.Cc1ccc(S(=O)(=O)[O-])cc1. The summed E-state index contributed by atoms with van der Waals surface area (Å²) in [7, 11) is -4.27. The Morgan fingerprint density at radius 1 is 0.867 bits per heavy atom. The van der Waals surface area contributed by atoms with Crippen molar-refractivity contribution >= 4 is 59.3 Å². The third-order valence-corrected chi connectivity index (χ3v) is 9.23. The summed E-state index contributed by atoms with van der Waals surface area (Å²) < 4.78 is 46.6. The van der Waals surface area contributed by atoms with Crippen LogP contribution in [-0.2, 0) is 21.4 Å². The van der Waals surface area contributed by atoms with Gasteiger partial charge < -0.3 is 14.0 Å². The van der Waals surface area contributed by atoms with E-state index in [1.165, 1.54) is 43.5 Å². The fraction of sp³-hybridized carbons (Fsp3) is 0.162. The predicted octanol–water partition coefficient (Wildman–Crippen LogP) is 8.43. The molecule has 0 atom stereocenters. The van der Waals surface area contributed by atoms with Crippen molar-refractivity contribution in [2.45, 2.75) is 32.2 Å². The molecular weight excluding hydrogens is 603 g/mol. The second-order valence-corrected chi connectivity index (χ2v) is 12.9. The Hall–Kier alpha value is -4.50. The van der Waals surface area contributed by atoms with Gasteiger partial charge in [-0.3, -0.25) is 0 Å². The van der Waals surface area contributed by atoms with Crippen molar-refractivity contribution in [1.29, 1.82) is 0 Å².